The number of carbonyl (C=O) groups is 2. The molecule has 2 aromatic rings. The van der Waals surface area contributed by atoms with Crippen LogP contribution in [0.2, 0.25) is 0 Å². The number of rotatable bonds is 7. The van der Waals surface area contributed by atoms with Gasteiger partial charge in [0.25, 0.3) is 0 Å². The van der Waals surface area contributed by atoms with Crippen molar-refractivity contribution in [1.82, 2.24) is 0 Å². The Labute approximate surface area is 256 Å². The van der Waals surface area contributed by atoms with Crippen LogP contribution in [-0.2, 0) is 19.1 Å². The summed E-state index contributed by atoms with van der Waals surface area (Å²) < 4.78 is 40.6. The second kappa shape index (κ2) is 11.6. The molecule has 240 valence electrons. The minimum atomic E-state index is -2.37. The zero-order valence-corrected chi connectivity index (χ0v) is 24.2. The summed E-state index contributed by atoms with van der Waals surface area (Å²) in [6.07, 6.45) is -12.2. The molecule has 2 bridgehead atoms. The van der Waals surface area contributed by atoms with Crippen molar-refractivity contribution in [3.05, 3.63) is 41.0 Å². The Kier molecular flexibility index (Phi) is 7.89. The summed E-state index contributed by atoms with van der Waals surface area (Å²) in [5, 5.41) is 42.6. The summed E-state index contributed by atoms with van der Waals surface area (Å²) in [5.74, 6) is 4.92. The quantitative estimate of drug-likeness (QED) is 0.0959. The molecule has 45 heavy (non-hydrogen) atoms. The van der Waals surface area contributed by atoms with Crippen molar-refractivity contribution in [3.63, 3.8) is 0 Å². The van der Waals surface area contributed by atoms with Crippen LogP contribution < -0.4 is 35.2 Å². The molecule has 8 atom stereocenters. The van der Waals surface area contributed by atoms with Gasteiger partial charge < -0.3 is 65.1 Å². The van der Waals surface area contributed by atoms with Crippen molar-refractivity contribution in [2.75, 3.05) is 20.8 Å². The summed E-state index contributed by atoms with van der Waals surface area (Å²) in [6.45, 7) is 0.263. The van der Waals surface area contributed by atoms with Crippen LogP contribution in [0.3, 0.4) is 0 Å². The molecule has 0 radical (unpaired) electrons. The van der Waals surface area contributed by atoms with Crippen LogP contribution in [0.4, 0.5) is 0 Å². The fraction of sp³-hybridized carbons (Fsp3) is 0.467. The van der Waals surface area contributed by atoms with E-state index in [1.165, 1.54) is 14.2 Å². The summed E-state index contributed by atoms with van der Waals surface area (Å²) in [6, 6.07) is 6.97. The Hall–Kier alpha value is -4.30. The Bertz CT molecular complexity index is 1590. The number of carbonyl (C=O) groups excluding carboxylic acids is 1. The predicted molar refractivity (Wildman–Crippen MR) is 150 cm³/mol. The lowest BCUT2D eigenvalue weighted by Gasteiger charge is -2.50. The number of carboxylic acids is 1. The van der Waals surface area contributed by atoms with Gasteiger partial charge in [0.05, 0.1) is 38.5 Å². The van der Waals surface area contributed by atoms with Crippen LogP contribution in [0.25, 0.3) is 0 Å². The van der Waals surface area contributed by atoms with Crippen LogP contribution in [0.1, 0.15) is 41.6 Å². The molecule has 0 spiro atoms. The number of aliphatic carboxylic acids is 1. The number of carboxylic acid groups (broad SMARTS) is 1. The van der Waals surface area contributed by atoms with Gasteiger partial charge in [-0.05, 0) is 12.1 Å². The predicted octanol–water partition coefficient (Wildman–Crippen LogP) is -0.745. The lowest BCUT2D eigenvalue weighted by molar-refractivity contribution is -0.324. The van der Waals surface area contributed by atoms with E-state index in [2.05, 4.69) is 11.8 Å². The average Bonchev–Trinajstić information content (AvgIpc) is 3.38. The highest BCUT2D eigenvalue weighted by molar-refractivity contribution is 5.90. The van der Waals surface area contributed by atoms with Gasteiger partial charge in [-0.1, -0.05) is 17.9 Å². The lowest BCUT2D eigenvalue weighted by Crippen LogP contribution is -2.72. The van der Waals surface area contributed by atoms with Crippen molar-refractivity contribution in [3.8, 4) is 40.6 Å². The van der Waals surface area contributed by atoms with Gasteiger partial charge in [0, 0.05) is 23.6 Å². The van der Waals surface area contributed by atoms with E-state index in [1.54, 1.807) is 18.2 Å². The molecule has 5 heterocycles. The van der Waals surface area contributed by atoms with Gasteiger partial charge in [0.2, 0.25) is 12.0 Å². The zero-order chi connectivity index (χ0) is 32.2. The first-order valence-electron chi connectivity index (χ1n) is 14.0. The first-order chi connectivity index (χ1) is 21.5. The topological polar surface area (TPSA) is 232 Å². The number of methoxy groups -OCH3 is 2. The fourth-order valence-electron chi connectivity index (χ4n) is 6.14. The molecule has 1 saturated heterocycles. The molecule has 0 aromatic heterocycles. The van der Waals surface area contributed by atoms with Gasteiger partial charge >= 0.3 is 11.9 Å². The summed E-state index contributed by atoms with van der Waals surface area (Å²) >= 11 is 0. The molecule has 8 unspecified atom stereocenters. The van der Waals surface area contributed by atoms with E-state index in [1.807, 2.05) is 6.07 Å². The fourth-order valence-corrected chi connectivity index (χ4v) is 6.14. The number of aliphatic hydroxyl groups excluding tert-OH is 2. The standard InChI is InChI=1S/C30H32N2O13/c1-39-16-6-5-13-15-11-41-18-9-17-12(8-14(18)22(15)44-23(13)24(16)40-2)4-3-7-30(38)26(37)21(36)29(42-17)45-27(30)25(28(31)32)43-20(35)10-19(33)34/h5-6,8-9,15,21-22,25-29,36-38H,7,10-11,31-32H2,1-2H3,(H,33,34). The normalized spacial score (nSPS) is 29.6. The van der Waals surface area contributed by atoms with E-state index in [4.69, 9.17) is 49.7 Å². The largest absolute Gasteiger partial charge is 0.493 e. The van der Waals surface area contributed by atoms with E-state index in [0.717, 1.165) is 5.56 Å². The van der Waals surface area contributed by atoms with E-state index < -0.39 is 73.4 Å². The number of benzene rings is 2. The van der Waals surface area contributed by atoms with Gasteiger partial charge in [0.15, 0.2) is 17.6 Å². The maximum absolute atomic E-state index is 12.2. The molecule has 1 fully saturated rings. The first-order valence-corrected chi connectivity index (χ1v) is 14.0. The minimum absolute atomic E-state index is 0.119. The summed E-state index contributed by atoms with van der Waals surface area (Å²) in [5.41, 5.74) is 11.2. The van der Waals surface area contributed by atoms with Gasteiger partial charge in [-0.15, -0.1) is 0 Å². The molecule has 5 aliphatic heterocycles. The Morgan fingerprint density at radius 2 is 1.89 bits per heavy atom. The van der Waals surface area contributed by atoms with Crippen molar-refractivity contribution in [2.45, 2.75) is 67.3 Å². The summed E-state index contributed by atoms with van der Waals surface area (Å²) in [4.78, 5) is 23.2. The van der Waals surface area contributed by atoms with Crippen LogP contribution in [0.15, 0.2) is 24.3 Å². The van der Waals surface area contributed by atoms with E-state index in [0.29, 0.717) is 34.1 Å². The van der Waals surface area contributed by atoms with Gasteiger partial charge in [0.1, 0.15) is 47.9 Å². The monoisotopic (exact) mass is 628 g/mol. The van der Waals surface area contributed by atoms with Crippen molar-refractivity contribution in [2.24, 2.45) is 11.5 Å². The van der Waals surface area contributed by atoms with Crippen LogP contribution >= 0.6 is 0 Å². The van der Waals surface area contributed by atoms with Crippen LogP contribution in [-0.4, -0.2) is 95.7 Å². The number of hydrogen-bond acceptors (Lipinski definition) is 14. The number of ether oxygens (including phenoxy) is 7. The molecule has 15 heteroatoms. The van der Waals surface area contributed by atoms with Gasteiger partial charge in [-0.25, -0.2) is 0 Å². The van der Waals surface area contributed by atoms with Crippen molar-refractivity contribution < 1.29 is 63.2 Å². The average molecular weight is 629 g/mol. The Balaban J connectivity index is 1.36. The molecular weight excluding hydrogens is 596 g/mol. The zero-order valence-electron chi connectivity index (χ0n) is 24.2. The number of aliphatic hydroxyl groups is 3. The highest BCUT2D eigenvalue weighted by Crippen LogP contribution is 2.56. The van der Waals surface area contributed by atoms with Crippen molar-refractivity contribution in [1.29, 1.82) is 0 Å². The first kappa shape index (κ1) is 30.7. The third-order valence-corrected chi connectivity index (χ3v) is 8.34. The SMILES string of the molecule is COc1ccc2c(c1OC)OC1c3cc4c(cc3OCC21)OC1OC(C(OC(=O)CC(=O)O)C(N)N)C(O)(CC#C4)C(O)C1O. The molecule has 8 N–H and O–H groups in total. The molecule has 0 saturated carbocycles. The molecule has 7 rings (SSSR count). The number of hydrogen-bond donors (Lipinski definition) is 6. The smallest absolute Gasteiger partial charge is 0.317 e. The summed E-state index contributed by atoms with van der Waals surface area (Å²) in [7, 11) is 3.06. The second-order valence-corrected chi connectivity index (χ2v) is 11.1. The maximum Gasteiger partial charge on any atom is 0.317 e. The van der Waals surface area contributed by atoms with Gasteiger partial charge in [-0.3, -0.25) is 9.59 Å². The van der Waals surface area contributed by atoms with Crippen molar-refractivity contribution >= 4 is 11.9 Å². The number of esters is 1. The Morgan fingerprint density at radius 1 is 1.11 bits per heavy atom. The van der Waals surface area contributed by atoms with E-state index in [9.17, 15) is 24.9 Å². The molecule has 0 amide bonds. The van der Waals surface area contributed by atoms with E-state index >= 15 is 0 Å². The van der Waals surface area contributed by atoms with Gasteiger partial charge in [-0.2, -0.15) is 0 Å². The maximum atomic E-state index is 12.2. The highest BCUT2D eigenvalue weighted by Gasteiger charge is 2.59. The highest BCUT2D eigenvalue weighted by atomic mass is 16.7. The Morgan fingerprint density at radius 3 is 2.58 bits per heavy atom. The van der Waals surface area contributed by atoms with E-state index in [-0.39, 0.29) is 18.3 Å². The number of fused-ring (bicyclic) bond motifs is 8. The lowest BCUT2D eigenvalue weighted by atomic mass is 9.78. The molecule has 0 aliphatic carbocycles. The molecular formula is C30H32N2O13. The minimum Gasteiger partial charge on any atom is -0.493 e. The third-order valence-electron chi connectivity index (χ3n) is 8.34. The third kappa shape index (κ3) is 5.15. The molecule has 5 aliphatic rings. The van der Waals surface area contributed by atoms with Crippen LogP contribution in [0, 0.1) is 11.8 Å². The second-order valence-electron chi connectivity index (χ2n) is 11.1. The molecule has 2 aromatic carbocycles. The van der Waals surface area contributed by atoms with Crippen LogP contribution in [0.5, 0.6) is 28.7 Å². The molecule has 15 nitrogen and oxygen atoms in total. The number of nitrogens with two attached hydrogens (primary N) is 2.